The van der Waals surface area contributed by atoms with Gasteiger partial charge in [-0.1, -0.05) is 18.2 Å². The second kappa shape index (κ2) is 7.70. The van der Waals surface area contributed by atoms with E-state index in [9.17, 15) is 14.7 Å². The third-order valence-electron chi connectivity index (χ3n) is 3.94. The van der Waals surface area contributed by atoms with Crippen molar-refractivity contribution in [1.82, 2.24) is 10.3 Å². The summed E-state index contributed by atoms with van der Waals surface area (Å²) in [6.45, 7) is 7.89. The van der Waals surface area contributed by atoms with Gasteiger partial charge in [0.05, 0.1) is 12.0 Å². The maximum Gasteiger partial charge on any atom is 0.326 e. The summed E-state index contributed by atoms with van der Waals surface area (Å²) in [4.78, 5) is 27.0. The maximum atomic E-state index is 12.4. The summed E-state index contributed by atoms with van der Waals surface area (Å²) in [5, 5.41) is 12.9. The van der Waals surface area contributed by atoms with E-state index in [-0.39, 0.29) is 31.0 Å². The number of carboxylic acid groups (broad SMARTS) is 1. The second-order valence-corrected chi connectivity index (χ2v) is 7.16. The first-order chi connectivity index (χ1) is 11.7. The van der Waals surface area contributed by atoms with Gasteiger partial charge >= 0.3 is 5.97 Å². The molecule has 6 heteroatoms. The van der Waals surface area contributed by atoms with Crippen molar-refractivity contribution in [3.63, 3.8) is 0 Å². The monoisotopic (exact) mass is 346 g/mol. The highest BCUT2D eigenvalue weighted by molar-refractivity contribution is 5.91. The predicted molar refractivity (Wildman–Crippen MR) is 96.6 cm³/mol. The Balaban J connectivity index is 2.01. The lowest BCUT2D eigenvalue weighted by Crippen LogP contribution is -2.42. The van der Waals surface area contributed by atoms with E-state index >= 15 is 0 Å². The lowest BCUT2D eigenvalue weighted by molar-refractivity contribution is -0.142. The number of nitrogens with one attached hydrogen (secondary N) is 2. The molecule has 1 unspecified atom stereocenters. The van der Waals surface area contributed by atoms with Gasteiger partial charge in [-0.3, -0.25) is 4.79 Å². The number of aromatic amines is 1. The Bertz CT molecular complexity index is 758. The van der Waals surface area contributed by atoms with Gasteiger partial charge in [-0.25, -0.2) is 4.79 Å². The third kappa shape index (κ3) is 5.32. The minimum Gasteiger partial charge on any atom is -0.480 e. The van der Waals surface area contributed by atoms with Crippen LogP contribution in [0.15, 0.2) is 24.3 Å². The fourth-order valence-corrected chi connectivity index (χ4v) is 2.71. The number of amides is 1. The SMILES string of the molecule is Cc1[nH]c2ccccc2c1CC(=O)NC(CCOC(C)(C)C)C(=O)O. The molecule has 1 atom stereocenters. The second-order valence-electron chi connectivity index (χ2n) is 7.16. The molecule has 0 aliphatic rings. The topological polar surface area (TPSA) is 91.4 Å². The molecule has 0 spiro atoms. The van der Waals surface area contributed by atoms with Crippen LogP contribution in [0, 0.1) is 6.92 Å². The molecule has 0 aliphatic heterocycles. The molecule has 0 bridgehead atoms. The number of hydrogen-bond donors (Lipinski definition) is 3. The van der Waals surface area contributed by atoms with Gasteiger partial charge in [-0.2, -0.15) is 0 Å². The molecule has 2 rings (SSSR count). The zero-order valence-corrected chi connectivity index (χ0v) is 15.2. The summed E-state index contributed by atoms with van der Waals surface area (Å²) in [7, 11) is 0. The van der Waals surface area contributed by atoms with E-state index in [1.807, 2.05) is 52.0 Å². The number of hydrogen-bond acceptors (Lipinski definition) is 3. The average Bonchev–Trinajstić information content (AvgIpc) is 2.81. The van der Waals surface area contributed by atoms with Crippen molar-refractivity contribution in [3.8, 4) is 0 Å². The first-order valence-electron chi connectivity index (χ1n) is 8.39. The number of rotatable bonds is 7. The first kappa shape index (κ1) is 19.0. The summed E-state index contributed by atoms with van der Waals surface area (Å²) >= 11 is 0. The molecule has 1 amide bonds. The largest absolute Gasteiger partial charge is 0.480 e. The minimum atomic E-state index is -1.05. The Morgan fingerprint density at radius 3 is 2.60 bits per heavy atom. The minimum absolute atomic E-state index is 0.139. The van der Waals surface area contributed by atoms with Crippen molar-refractivity contribution in [2.24, 2.45) is 0 Å². The standard InChI is InChI=1S/C19H26N2O4/c1-12-14(13-7-5-6-8-15(13)20-12)11-17(22)21-16(18(23)24)9-10-25-19(2,3)4/h5-8,16,20H,9-11H2,1-4H3,(H,21,22)(H,23,24). The molecule has 0 fully saturated rings. The molecule has 25 heavy (non-hydrogen) atoms. The van der Waals surface area contributed by atoms with Gasteiger partial charge in [-0.05, 0) is 39.3 Å². The summed E-state index contributed by atoms with van der Waals surface area (Å²) < 4.78 is 5.55. The highest BCUT2D eigenvalue weighted by atomic mass is 16.5. The number of ether oxygens (including phenoxy) is 1. The lowest BCUT2D eigenvalue weighted by atomic mass is 10.1. The molecule has 1 heterocycles. The number of aryl methyl sites for hydroxylation is 1. The van der Waals surface area contributed by atoms with E-state index in [2.05, 4.69) is 10.3 Å². The molecule has 6 nitrogen and oxygen atoms in total. The normalized spacial score (nSPS) is 13.0. The van der Waals surface area contributed by atoms with Gasteiger partial charge in [0.15, 0.2) is 0 Å². The van der Waals surface area contributed by atoms with Crippen LogP contribution < -0.4 is 5.32 Å². The van der Waals surface area contributed by atoms with Gasteiger partial charge in [0.25, 0.3) is 0 Å². The fraction of sp³-hybridized carbons (Fsp3) is 0.474. The van der Waals surface area contributed by atoms with Crippen molar-refractivity contribution >= 4 is 22.8 Å². The van der Waals surface area contributed by atoms with E-state index in [1.165, 1.54) is 0 Å². The van der Waals surface area contributed by atoms with Crippen LogP contribution in [-0.2, 0) is 20.7 Å². The fourth-order valence-electron chi connectivity index (χ4n) is 2.71. The van der Waals surface area contributed by atoms with E-state index in [0.717, 1.165) is 22.2 Å². The van der Waals surface area contributed by atoms with E-state index in [4.69, 9.17) is 4.74 Å². The van der Waals surface area contributed by atoms with Crippen molar-refractivity contribution in [2.45, 2.75) is 52.2 Å². The summed E-state index contributed by atoms with van der Waals surface area (Å²) in [6.07, 6.45) is 0.366. The Morgan fingerprint density at radius 2 is 1.96 bits per heavy atom. The molecule has 1 aromatic carbocycles. The molecular weight excluding hydrogens is 320 g/mol. The number of benzene rings is 1. The van der Waals surface area contributed by atoms with Crippen LogP contribution in [0.2, 0.25) is 0 Å². The molecule has 0 aliphatic carbocycles. The van der Waals surface area contributed by atoms with E-state index in [0.29, 0.717) is 0 Å². The van der Waals surface area contributed by atoms with Gasteiger partial charge in [0.2, 0.25) is 5.91 Å². The number of para-hydroxylation sites is 1. The highest BCUT2D eigenvalue weighted by Gasteiger charge is 2.22. The number of aliphatic carboxylic acids is 1. The Morgan fingerprint density at radius 1 is 1.28 bits per heavy atom. The van der Waals surface area contributed by atoms with Crippen LogP contribution in [0.3, 0.4) is 0 Å². The van der Waals surface area contributed by atoms with Crippen LogP contribution in [0.1, 0.15) is 38.4 Å². The predicted octanol–water partition coefficient (Wildman–Crippen LogP) is 2.79. The lowest BCUT2D eigenvalue weighted by Gasteiger charge is -2.21. The molecule has 3 N–H and O–H groups in total. The molecule has 0 saturated carbocycles. The zero-order valence-electron chi connectivity index (χ0n) is 15.2. The smallest absolute Gasteiger partial charge is 0.326 e. The van der Waals surface area contributed by atoms with Crippen molar-refractivity contribution in [1.29, 1.82) is 0 Å². The van der Waals surface area contributed by atoms with Crippen molar-refractivity contribution in [3.05, 3.63) is 35.5 Å². The highest BCUT2D eigenvalue weighted by Crippen LogP contribution is 2.22. The molecule has 1 aromatic heterocycles. The first-order valence-corrected chi connectivity index (χ1v) is 8.39. The molecule has 0 saturated heterocycles. The molecule has 136 valence electrons. The van der Waals surface area contributed by atoms with Crippen LogP contribution in [0.4, 0.5) is 0 Å². The zero-order chi connectivity index (χ0) is 18.6. The molecular formula is C19H26N2O4. The third-order valence-corrected chi connectivity index (χ3v) is 3.94. The van der Waals surface area contributed by atoms with Crippen molar-refractivity contribution < 1.29 is 19.4 Å². The maximum absolute atomic E-state index is 12.4. The Kier molecular flexibility index (Phi) is 5.85. The number of carbonyl (C=O) groups is 2. The van der Waals surface area contributed by atoms with E-state index < -0.39 is 12.0 Å². The summed E-state index contributed by atoms with van der Waals surface area (Å²) in [5.41, 5.74) is 2.44. The van der Waals surface area contributed by atoms with Crippen molar-refractivity contribution in [2.75, 3.05) is 6.61 Å². The van der Waals surface area contributed by atoms with Crippen LogP contribution in [-0.4, -0.2) is 40.2 Å². The van der Waals surface area contributed by atoms with E-state index in [1.54, 1.807) is 0 Å². The number of H-pyrrole nitrogens is 1. The number of aromatic nitrogens is 1. The van der Waals surface area contributed by atoms with Gasteiger partial charge in [-0.15, -0.1) is 0 Å². The number of fused-ring (bicyclic) bond motifs is 1. The van der Waals surface area contributed by atoms with Crippen LogP contribution in [0.5, 0.6) is 0 Å². The van der Waals surface area contributed by atoms with Gasteiger partial charge in [0, 0.05) is 29.6 Å². The van der Waals surface area contributed by atoms with Crippen LogP contribution >= 0.6 is 0 Å². The summed E-state index contributed by atoms with van der Waals surface area (Å²) in [6, 6.07) is 6.79. The molecule has 0 radical (unpaired) electrons. The number of carbonyl (C=O) groups excluding carboxylic acids is 1. The molecule has 2 aromatic rings. The number of carboxylic acids is 1. The van der Waals surface area contributed by atoms with Gasteiger partial charge in [0.1, 0.15) is 6.04 Å². The average molecular weight is 346 g/mol. The quantitative estimate of drug-likeness (QED) is 0.719. The Labute approximate surface area is 147 Å². The summed E-state index contributed by atoms with van der Waals surface area (Å²) in [5.74, 6) is -1.36. The van der Waals surface area contributed by atoms with Gasteiger partial charge < -0.3 is 20.1 Å². The Hall–Kier alpha value is -2.34. The van der Waals surface area contributed by atoms with Crippen LogP contribution in [0.25, 0.3) is 10.9 Å².